The fourth-order valence-corrected chi connectivity index (χ4v) is 2.84. The van der Waals surface area contributed by atoms with Crippen LogP contribution in [0.2, 0.25) is 0 Å². The fourth-order valence-electron chi connectivity index (χ4n) is 1.84. The van der Waals surface area contributed by atoms with Gasteiger partial charge in [0.1, 0.15) is 0 Å². The number of nitrogens with zero attached hydrogens (tertiary/aromatic N) is 1. The molecule has 0 unspecified atom stereocenters. The summed E-state index contributed by atoms with van der Waals surface area (Å²) >= 11 is 1.94. The molecule has 2 nitrogen and oxygen atoms in total. The van der Waals surface area contributed by atoms with E-state index in [-0.39, 0.29) is 5.54 Å². The second kappa shape index (κ2) is 7.27. The number of nitrogens with one attached hydrogen (secondary N) is 1. The first-order valence-corrected chi connectivity index (χ1v) is 7.81. The van der Waals surface area contributed by atoms with E-state index in [1.54, 1.807) is 0 Å². The smallest absolute Gasteiger partial charge is 0.0327 e. The van der Waals surface area contributed by atoms with E-state index in [1.807, 2.05) is 11.3 Å². The molecule has 1 aromatic rings. The van der Waals surface area contributed by atoms with Gasteiger partial charge in [-0.05, 0) is 52.4 Å². The summed E-state index contributed by atoms with van der Waals surface area (Å²) in [7, 11) is 0. The van der Waals surface area contributed by atoms with Crippen LogP contribution < -0.4 is 5.32 Å². The lowest BCUT2D eigenvalue weighted by molar-refractivity contribution is 0.283. The highest BCUT2D eigenvalue weighted by atomic mass is 32.1. The first-order valence-electron chi connectivity index (χ1n) is 6.99. The molecule has 0 atom stereocenters. The van der Waals surface area contributed by atoms with Crippen LogP contribution in [0.25, 0.3) is 0 Å². The molecule has 104 valence electrons. The van der Waals surface area contributed by atoms with Crippen molar-refractivity contribution < 1.29 is 0 Å². The van der Waals surface area contributed by atoms with Crippen molar-refractivity contribution in [3.8, 4) is 0 Å². The van der Waals surface area contributed by atoms with E-state index in [9.17, 15) is 0 Å². The van der Waals surface area contributed by atoms with Crippen LogP contribution in [0.15, 0.2) is 12.1 Å². The van der Waals surface area contributed by atoms with Gasteiger partial charge in [-0.3, -0.25) is 4.90 Å². The Labute approximate surface area is 116 Å². The molecular weight excluding hydrogens is 240 g/mol. The molecule has 0 saturated heterocycles. The summed E-state index contributed by atoms with van der Waals surface area (Å²) in [5.41, 5.74) is 0.196. The Morgan fingerprint density at radius 1 is 1.17 bits per heavy atom. The standard InChI is InChI=1S/C15H28N2S/c1-6-10-17(7-2)12-14-9-8-13(18-14)11-16-15(3,4)5/h8-9,16H,6-7,10-12H2,1-5H3. The Morgan fingerprint density at radius 2 is 1.83 bits per heavy atom. The number of thiophene rings is 1. The molecule has 0 radical (unpaired) electrons. The fraction of sp³-hybridized carbons (Fsp3) is 0.733. The summed E-state index contributed by atoms with van der Waals surface area (Å²) in [5, 5.41) is 3.54. The highest BCUT2D eigenvalue weighted by Crippen LogP contribution is 2.19. The Balaban J connectivity index is 2.47. The summed E-state index contributed by atoms with van der Waals surface area (Å²) in [4.78, 5) is 5.43. The molecule has 0 amide bonds. The predicted molar refractivity (Wildman–Crippen MR) is 82.2 cm³/mol. The third-order valence-corrected chi connectivity index (χ3v) is 3.95. The van der Waals surface area contributed by atoms with Crippen LogP contribution >= 0.6 is 11.3 Å². The SMILES string of the molecule is CCCN(CC)Cc1ccc(CNC(C)(C)C)s1. The number of hydrogen-bond acceptors (Lipinski definition) is 3. The lowest BCUT2D eigenvalue weighted by Crippen LogP contribution is -2.34. The van der Waals surface area contributed by atoms with Crippen LogP contribution in [0.1, 0.15) is 50.8 Å². The van der Waals surface area contributed by atoms with Gasteiger partial charge in [0, 0.05) is 28.4 Å². The van der Waals surface area contributed by atoms with Crippen molar-refractivity contribution in [2.45, 2.75) is 59.7 Å². The summed E-state index contributed by atoms with van der Waals surface area (Å²) < 4.78 is 0. The molecule has 1 heterocycles. The van der Waals surface area contributed by atoms with E-state index in [2.05, 4.69) is 57.0 Å². The maximum absolute atomic E-state index is 3.54. The van der Waals surface area contributed by atoms with Gasteiger partial charge in [-0.1, -0.05) is 13.8 Å². The van der Waals surface area contributed by atoms with Gasteiger partial charge in [-0.15, -0.1) is 11.3 Å². The monoisotopic (exact) mass is 268 g/mol. The third-order valence-electron chi connectivity index (χ3n) is 2.88. The quantitative estimate of drug-likeness (QED) is 0.807. The van der Waals surface area contributed by atoms with Gasteiger partial charge in [0.15, 0.2) is 0 Å². The average molecular weight is 268 g/mol. The second-order valence-corrected chi connectivity index (χ2v) is 7.09. The van der Waals surface area contributed by atoms with Gasteiger partial charge in [0.05, 0.1) is 0 Å². The largest absolute Gasteiger partial charge is 0.307 e. The molecule has 0 saturated carbocycles. The van der Waals surface area contributed by atoms with Gasteiger partial charge < -0.3 is 5.32 Å². The Kier molecular flexibility index (Phi) is 6.33. The number of rotatable bonds is 7. The van der Waals surface area contributed by atoms with E-state index in [4.69, 9.17) is 0 Å². The lowest BCUT2D eigenvalue weighted by Gasteiger charge is -2.20. The maximum Gasteiger partial charge on any atom is 0.0327 e. The summed E-state index contributed by atoms with van der Waals surface area (Å²) in [6, 6.07) is 4.54. The zero-order valence-corrected chi connectivity index (χ0v) is 13.4. The predicted octanol–water partition coefficient (Wildman–Crippen LogP) is 3.87. The van der Waals surface area contributed by atoms with Crippen molar-refractivity contribution in [2.24, 2.45) is 0 Å². The summed E-state index contributed by atoms with van der Waals surface area (Å²) in [6.45, 7) is 15.5. The van der Waals surface area contributed by atoms with Crippen LogP contribution in [-0.2, 0) is 13.1 Å². The molecule has 3 heteroatoms. The van der Waals surface area contributed by atoms with Crippen molar-refractivity contribution in [1.29, 1.82) is 0 Å². The minimum Gasteiger partial charge on any atom is -0.307 e. The molecule has 0 aliphatic heterocycles. The van der Waals surface area contributed by atoms with Crippen molar-refractivity contribution in [2.75, 3.05) is 13.1 Å². The van der Waals surface area contributed by atoms with Crippen LogP contribution in [-0.4, -0.2) is 23.5 Å². The van der Waals surface area contributed by atoms with Crippen molar-refractivity contribution in [3.05, 3.63) is 21.9 Å². The lowest BCUT2D eigenvalue weighted by atomic mass is 10.1. The summed E-state index contributed by atoms with van der Waals surface area (Å²) in [5.74, 6) is 0. The maximum atomic E-state index is 3.54. The van der Waals surface area contributed by atoms with Crippen LogP contribution in [0.5, 0.6) is 0 Å². The van der Waals surface area contributed by atoms with E-state index in [0.717, 1.165) is 19.6 Å². The van der Waals surface area contributed by atoms with Crippen LogP contribution in [0, 0.1) is 0 Å². The molecule has 0 aliphatic carbocycles. The molecule has 0 aliphatic rings. The zero-order valence-electron chi connectivity index (χ0n) is 12.5. The second-order valence-electron chi connectivity index (χ2n) is 5.84. The minimum atomic E-state index is 0.196. The molecule has 1 N–H and O–H groups in total. The Hall–Kier alpha value is -0.380. The molecule has 1 aromatic heterocycles. The first-order chi connectivity index (χ1) is 8.44. The van der Waals surface area contributed by atoms with E-state index < -0.39 is 0 Å². The molecule has 18 heavy (non-hydrogen) atoms. The normalized spacial score (nSPS) is 12.3. The number of hydrogen-bond donors (Lipinski definition) is 1. The molecular formula is C15H28N2S. The van der Waals surface area contributed by atoms with Crippen LogP contribution in [0.3, 0.4) is 0 Å². The van der Waals surface area contributed by atoms with Crippen molar-refractivity contribution >= 4 is 11.3 Å². The van der Waals surface area contributed by atoms with E-state index >= 15 is 0 Å². The van der Waals surface area contributed by atoms with Gasteiger partial charge >= 0.3 is 0 Å². The summed E-state index contributed by atoms with van der Waals surface area (Å²) in [6.07, 6.45) is 1.23. The molecule has 0 spiro atoms. The molecule has 0 fully saturated rings. The highest BCUT2D eigenvalue weighted by molar-refractivity contribution is 7.11. The topological polar surface area (TPSA) is 15.3 Å². The van der Waals surface area contributed by atoms with Gasteiger partial charge in [0.2, 0.25) is 0 Å². The first kappa shape index (κ1) is 15.7. The molecule has 0 aromatic carbocycles. The van der Waals surface area contributed by atoms with Crippen molar-refractivity contribution in [1.82, 2.24) is 10.2 Å². The Morgan fingerprint density at radius 3 is 2.39 bits per heavy atom. The molecule has 0 bridgehead atoms. The van der Waals surface area contributed by atoms with Crippen LogP contribution in [0.4, 0.5) is 0 Å². The van der Waals surface area contributed by atoms with Gasteiger partial charge in [-0.2, -0.15) is 0 Å². The van der Waals surface area contributed by atoms with Crippen molar-refractivity contribution in [3.63, 3.8) is 0 Å². The zero-order chi connectivity index (χ0) is 13.6. The highest BCUT2D eigenvalue weighted by Gasteiger charge is 2.10. The third kappa shape index (κ3) is 5.98. The van der Waals surface area contributed by atoms with E-state index in [1.165, 1.54) is 22.7 Å². The van der Waals surface area contributed by atoms with Gasteiger partial charge in [0.25, 0.3) is 0 Å². The van der Waals surface area contributed by atoms with E-state index in [0.29, 0.717) is 0 Å². The van der Waals surface area contributed by atoms with Gasteiger partial charge in [-0.25, -0.2) is 0 Å². The Bertz CT molecular complexity index is 339. The molecule has 1 rings (SSSR count). The average Bonchev–Trinajstić information content (AvgIpc) is 2.73. The minimum absolute atomic E-state index is 0.196.